The van der Waals surface area contributed by atoms with Gasteiger partial charge in [-0.25, -0.2) is 4.79 Å². The van der Waals surface area contributed by atoms with E-state index in [1.807, 2.05) is 0 Å². The van der Waals surface area contributed by atoms with E-state index < -0.39 is 24.4 Å². The van der Waals surface area contributed by atoms with Gasteiger partial charge in [0, 0.05) is 6.42 Å². The van der Waals surface area contributed by atoms with Gasteiger partial charge in [0.05, 0.1) is 6.42 Å². The molecule has 0 saturated heterocycles. The number of carboxylic acids is 2. The van der Waals surface area contributed by atoms with E-state index in [4.69, 9.17) is 10.2 Å². The summed E-state index contributed by atoms with van der Waals surface area (Å²) in [6.07, 6.45) is 5.09. The van der Waals surface area contributed by atoms with Gasteiger partial charge in [0.1, 0.15) is 6.04 Å². The van der Waals surface area contributed by atoms with Gasteiger partial charge in [0.15, 0.2) is 0 Å². The van der Waals surface area contributed by atoms with Crippen molar-refractivity contribution in [1.29, 1.82) is 0 Å². The van der Waals surface area contributed by atoms with Crippen molar-refractivity contribution in [2.24, 2.45) is 5.92 Å². The second-order valence-electron chi connectivity index (χ2n) is 4.76. The smallest absolute Gasteiger partial charge is 0.326 e. The maximum Gasteiger partial charge on any atom is 0.326 e. The highest BCUT2D eigenvalue weighted by Crippen LogP contribution is 2.26. The van der Waals surface area contributed by atoms with Crippen LogP contribution < -0.4 is 5.32 Å². The zero-order valence-corrected chi connectivity index (χ0v) is 10.2. The molecular formula is C12H19NO5. The lowest BCUT2D eigenvalue weighted by molar-refractivity contribution is -0.147. The van der Waals surface area contributed by atoms with E-state index in [2.05, 4.69) is 5.32 Å². The Morgan fingerprint density at radius 1 is 1.11 bits per heavy atom. The Balaban J connectivity index is 2.40. The summed E-state index contributed by atoms with van der Waals surface area (Å²) >= 11 is 0. The van der Waals surface area contributed by atoms with Crippen LogP contribution in [0.15, 0.2) is 0 Å². The highest BCUT2D eigenvalue weighted by molar-refractivity contribution is 5.86. The highest BCUT2D eigenvalue weighted by atomic mass is 16.4. The Morgan fingerprint density at radius 3 is 2.22 bits per heavy atom. The molecule has 1 amide bonds. The molecule has 1 aliphatic rings. The van der Waals surface area contributed by atoms with Gasteiger partial charge in [0.2, 0.25) is 5.91 Å². The molecule has 1 rings (SSSR count). The van der Waals surface area contributed by atoms with Gasteiger partial charge < -0.3 is 15.5 Å². The van der Waals surface area contributed by atoms with E-state index in [9.17, 15) is 14.4 Å². The van der Waals surface area contributed by atoms with Crippen molar-refractivity contribution in [1.82, 2.24) is 5.32 Å². The van der Waals surface area contributed by atoms with Crippen LogP contribution in [0.2, 0.25) is 0 Å². The summed E-state index contributed by atoms with van der Waals surface area (Å²) in [4.78, 5) is 32.9. The Morgan fingerprint density at radius 2 is 1.72 bits per heavy atom. The van der Waals surface area contributed by atoms with Gasteiger partial charge in [-0.3, -0.25) is 9.59 Å². The maximum atomic E-state index is 11.6. The van der Waals surface area contributed by atoms with Crippen molar-refractivity contribution in [2.75, 3.05) is 0 Å². The summed E-state index contributed by atoms with van der Waals surface area (Å²) in [7, 11) is 0. The molecule has 1 atom stereocenters. The summed E-state index contributed by atoms with van der Waals surface area (Å²) < 4.78 is 0. The fourth-order valence-electron chi connectivity index (χ4n) is 2.28. The van der Waals surface area contributed by atoms with E-state index in [1.165, 1.54) is 6.42 Å². The summed E-state index contributed by atoms with van der Waals surface area (Å²) in [5, 5.41) is 19.6. The molecule has 18 heavy (non-hydrogen) atoms. The molecule has 0 aromatic rings. The lowest BCUT2D eigenvalue weighted by atomic mass is 9.87. The zero-order chi connectivity index (χ0) is 13.5. The Labute approximate surface area is 105 Å². The number of hydrogen-bond acceptors (Lipinski definition) is 3. The zero-order valence-electron chi connectivity index (χ0n) is 10.2. The van der Waals surface area contributed by atoms with Crippen LogP contribution in [-0.2, 0) is 14.4 Å². The van der Waals surface area contributed by atoms with Crippen LogP contribution in [0.25, 0.3) is 0 Å². The second kappa shape index (κ2) is 6.98. The molecule has 6 heteroatoms. The molecule has 0 aromatic heterocycles. The van der Waals surface area contributed by atoms with Gasteiger partial charge in [-0.2, -0.15) is 0 Å². The van der Waals surface area contributed by atoms with Crippen LogP contribution in [0.5, 0.6) is 0 Å². The third-order valence-electron chi connectivity index (χ3n) is 3.21. The topological polar surface area (TPSA) is 104 Å². The molecule has 3 N–H and O–H groups in total. The molecular weight excluding hydrogens is 238 g/mol. The van der Waals surface area contributed by atoms with Gasteiger partial charge in [-0.05, 0) is 18.8 Å². The monoisotopic (exact) mass is 257 g/mol. The Hall–Kier alpha value is -1.59. The first-order valence-corrected chi connectivity index (χ1v) is 6.23. The van der Waals surface area contributed by atoms with Crippen LogP contribution in [0.1, 0.15) is 44.9 Å². The number of amides is 1. The minimum absolute atomic E-state index is 0.295. The van der Waals surface area contributed by atoms with Crippen molar-refractivity contribution in [3.05, 3.63) is 0 Å². The number of hydrogen-bond donors (Lipinski definition) is 3. The van der Waals surface area contributed by atoms with Gasteiger partial charge in [-0.1, -0.05) is 19.3 Å². The predicted molar refractivity (Wildman–Crippen MR) is 63.0 cm³/mol. The minimum atomic E-state index is -1.33. The van der Waals surface area contributed by atoms with Crippen molar-refractivity contribution >= 4 is 17.8 Å². The number of rotatable bonds is 6. The molecule has 0 aliphatic heterocycles. The van der Waals surface area contributed by atoms with Crippen molar-refractivity contribution < 1.29 is 24.6 Å². The number of aliphatic carboxylic acids is 2. The minimum Gasteiger partial charge on any atom is -0.481 e. The second-order valence-corrected chi connectivity index (χ2v) is 4.76. The molecule has 1 fully saturated rings. The van der Waals surface area contributed by atoms with Crippen LogP contribution >= 0.6 is 0 Å². The number of nitrogens with one attached hydrogen (secondary N) is 1. The van der Waals surface area contributed by atoms with Crippen molar-refractivity contribution in [2.45, 2.75) is 51.0 Å². The quantitative estimate of drug-likeness (QED) is 0.658. The number of carbonyl (C=O) groups excluding carboxylic acids is 1. The summed E-state index contributed by atoms with van der Waals surface area (Å²) in [6, 6.07) is -1.33. The fraction of sp³-hybridized carbons (Fsp3) is 0.750. The third kappa shape index (κ3) is 5.16. The average molecular weight is 257 g/mol. The molecule has 0 heterocycles. The summed E-state index contributed by atoms with van der Waals surface area (Å²) in [5.74, 6) is -2.61. The molecule has 0 bridgehead atoms. The fourth-order valence-corrected chi connectivity index (χ4v) is 2.28. The third-order valence-corrected chi connectivity index (χ3v) is 3.21. The van der Waals surface area contributed by atoms with Gasteiger partial charge in [-0.15, -0.1) is 0 Å². The van der Waals surface area contributed by atoms with E-state index in [0.29, 0.717) is 12.3 Å². The van der Waals surface area contributed by atoms with E-state index in [1.54, 1.807) is 0 Å². The Bertz CT molecular complexity index is 322. The van der Waals surface area contributed by atoms with Gasteiger partial charge in [0.25, 0.3) is 0 Å². The summed E-state index contributed by atoms with van der Waals surface area (Å²) in [5.41, 5.74) is 0. The summed E-state index contributed by atoms with van der Waals surface area (Å²) in [6.45, 7) is 0. The molecule has 0 spiro atoms. The number of carbonyl (C=O) groups is 3. The molecule has 0 aromatic carbocycles. The van der Waals surface area contributed by atoms with Crippen molar-refractivity contribution in [3.8, 4) is 0 Å². The van der Waals surface area contributed by atoms with E-state index in [0.717, 1.165) is 25.7 Å². The molecule has 0 radical (unpaired) electrons. The van der Waals surface area contributed by atoms with Crippen LogP contribution in [-0.4, -0.2) is 34.1 Å². The first kappa shape index (κ1) is 14.5. The van der Waals surface area contributed by atoms with Crippen LogP contribution in [0.4, 0.5) is 0 Å². The lowest BCUT2D eigenvalue weighted by Gasteiger charge is -2.21. The highest BCUT2D eigenvalue weighted by Gasteiger charge is 2.24. The van der Waals surface area contributed by atoms with Crippen LogP contribution in [0, 0.1) is 5.92 Å². The average Bonchev–Trinajstić information content (AvgIpc) is 2.28. The predicted octanol–water partition coefficient (Wildman–Crippen LogP) is 1.00. The molecule has 1 aliphatic carbocycles. The van der Waals surface area contributed by atoms with Gasteiger partial charge >= 0.3 is 11.9 Å². The first-order valence-electron chi connectivity index (χ1n) is 6.23. The van der Waals surface area contributed by atoms with Crippen molar-refractivity contribution in [3.63, 3.8) is 0 Å². The molecule has 6 nitrogen and oxygen atoms in total. The van der Waals surface area contributed by atoms with Crippen LogP contribution in [0.3, 0.4) is 0 Å². The molecule has 1 saturated carbocycles. The van der Waals surface area contributed by atoms with E-state index >= 15 is 0 Å². The maximum absolute atomic E-state index is 11.6. The first-order chi connectivity index (χ1) is 8.49. The lowest BCUT2D eigenvalue weighted by Crippen LogP contribution is -2.42. The standard InChI is InChI=1S/C12H19NO5/c14-10(6-8-4-2-1-3-5-8)13-9(12(17)18)7-11(15)16/h8-9H,1-7H2,(H,13,14)(H,15,16)(H,17,18). The normalized spacial score (nSPS) is 18.0. The van der Waals surface area contributed by atoms with E-state index in [-0.39, 0.29) is 5.91 Å². The molecule has 102 valence electrons. The molecule has 1 unspecified atom stereocenters. The Kier molecular flexibility index (Phi) is 5.61. The number of carboxylic acid groups (broad SMARTS) is 2. The SMILES string of the molecule is O=C(O)CC(NC(=O)CC1CCCCC1)C(=O)O. The largest absolute Gasteiger partial charge is 0.481 e.